The van der Waals surface area contributed by atoms with Crippen LogP contribution in [-0.2, 0) is 58.9 Å². The molecule has 0 aliphatic heterocycles. The predicted molar refractivity (Wildman–Crippen MR) is 5.75 cm³/mol. The van der Waals surface area contributed by atoms with Crippen molar-refractivity contribution in [1.82, 2.24) is 0 Å². The molecule has 0 aliphatic rings. The number of hydrogen-bond donors (Lipinski definition) is 0. The molecule has 0 aromatic carbocycles. The van der Waals surface area contributed by atoms with Crippen molar-refractivity contribution in [2.75, 3.05) is 0 Å². The monoisotopic (exact) mass is 442 g/mol. The molecular formula is AgCuPbZn+4. The van der Waals surface area contributed by atoms with E-state index in [0.717, 1.165) is 0 Å². The van der Waals surface area contributed by atoms with Crippen molar-refractivity contribution in [2.24, 2.45) is 0 Å². The van der Waals surface area contributed by atoms with E-state index < -0.39 is 0 Å². The van der Waals surface area contributed by atoms with Gasteiger partial charge in [-0.3, -0.25) is 0 Å². The van der Waals surface area contributed by atoms with Crippen molar-refractivity contribution >= 4 is 27.3 Å². The van der Waals surface area contributed by atoms with Crippen molar-refractivity contribution in [2.45, 2.75) is 0 Å². The molecule has 0 amide bonds. The summed E-state index contributed by atoms with van der Waals surface area (Å²) in [5.41, 5.74) is 0. The number of hydrogen-bond acceptors (Lipinski definition) is 0. The Morgan fingerprint density at radius 3 is 1.00 bits per heavy atom. The van der Waals surface area contributed by atoms with Gasteiger partial charge in [0, 0.05) is 27.3 Å². The first-order valence-corrected chi connectivity index (χ1v) is 0. The second kappa shape index (κ2) is 17.0. The zero-order valence-corrected chi connectivity index (χ0v) is 11.1. The maximum atomic E-state index is 0. The van der Waals surface area contributed by atoms with Gasteiger partial charge in [-0.05, 0) is 0 Å². The minimum atomic E-state index is 0. The molecule has 4 radical (unpaired) electrons. The quantitative estimate of drug-likeness (QED) is 0.447. The fourth-order valence-electron chi connectivity index (χ4n) is 0. The largest absolute Gasteiger partial charge is 2.00 e. The van der Waals surface area contributed by atoms with Gasteiger partial charge >= 0.3 is 58.9 Å². The van der Waals surface area contributed by atoms with E-state index >= 15 is 0 Å². The van der Waals surface area contributed by atoms with Crippen molar-refractivity contribution in [3.63, 3.8) is 0 Å². The van der Waals surface area contributed by atoms with Crippen LogP contribution < -0.4 is 0 Å². The summed E-state index contributed by atoms with van der Waals surface area (Å²) in [5.74, 6) is 0. The van der Waals surface area contributed by atoms with Crippen LogP contribution in [0.4, 0.5) is 0 Å². The van der Waals surface area contributed by atoms with Crippen molar-refractivity contribution in [1.29, 1.82) is 0 Å². The van der Waals surface area contributed by atoms with E-state index in [1.165, 1.54) is 0 Å². The zero-order chi connectivity index (χ0) is 0. The average Bonchev–Trinajstić information content (AvgIpc) is 0. The summed E-state index contributed by atoms with van der Waals surface area (Å²) in [6.07, 6.45) is 0. The van der Waals surface area contributed by atoms with Crippen LogP contribution in [0.5, 0.6) is 0 Å². The van der Waals surface area contributed by atoms with Crippen LogP contribution in [0, 0.1) is 0 Å². The van der Waals surface area contributed by atoms with E-state index in [9.17, 15) is 0 Å². The average molecular weight is 444 g/mol. The van der Waals surface area contributed by atoms with Crippen molar-refractivity contribution in [3.8, 4) is 0 Å². The summed E-state index contributed by atoms with van der Waals surface area (Å²) in [4.78, 5) is 0. The second-order valence-corrected chi connectivity index (χ2v) is 0. The van der Waals surface area contributed by atoms with E-state index in [1.54, 1.807) is 0 Å². The predicted octanol–water partition coefficient (Wildman–Crippen LogP) is -0.388. The molecule has 0 aromatic heterocycles. The minimum absolute atomic E-state index is 0. The Hall–Kier alpha value is 2.81. The first-order chi connectivity index (χ1) is 0. The normalized spacial score (nSPS) is 0. The van der Waals surface area contributed by atoms with E-state index in [0.29, 0.717) is 0 Å². The molecule has 0 bridgehead atoms. The van der Waals surface area contributed by atoms with Gasteiger partial charge in [0.25, 0.3) is 0 Å². The Bertz CT molecular complexity index is 8.00. The van der Waals surface area contributed by atoms with Crippen LogP contribution in [0.1, 0.15) is 0 Å². The van der Waals surface area contributed by atoms with E-state index in [-0.39, 0.29) is 86.2 Å². The molecule has 0 saturated heterocycles. The van der Waals surface area contributed by atoms with Gasteiger partial charge in [0.1, 0.15) is 0 Å². The van der Waals surface area contributed by atoms with Gasteiger partial charge in [0.2, 0.25) is 0 Å². The van der Waals surface area contributed by atoms with Gasteiger partial charge in [0.05, 0.1) is 0 Å². The fourth-order valence-corrected chi connectivity index (χ4v) is 0. The molecular weight excluding hydrogens is 444 g/mol. The standard InChI is InChI=1S/Ag.Cu.Pb.Zn/q2*+1;;+2. The molecule has 0 fully saturated rings. The van der Waals surface area contributed by atoms with Gasteiger partial charge in [-0.1, -0.05) is 0 Å². The minimum Gasteiger partial charge on any atom is 0 e. The maximum absolute atomic E-state index is 0. The summed E-state index contributed by atoms with van der Waals surface area (Å²) in [6.45, 7) is 0. The van der Waals surface area contributed by atoms with Crippen LogP contribution in [0.25, 0.3) is 0 Å². The molecule has 24 valence electrons. The fraction of sp³-hybridized carbons (Fsp3) is 0. The molecule has 0 rings (SSSR count). The third-order valence-corrected chi connectivity index (χ3v) is 0. The van der Waals surface area contributed by atoms with Crippen LogP contribution in [0.2, 0.25) is 0 Å². The van der Waals surface area contributed by atoms with Gasteiger partial charge in [0.15, 0.2) is 0 Å². The van der Waals surface area contributed by atoms with Crippen LogP contribution >= 0.6 is 0 Å². The SMILES string of the molecule is [Ag+].[Cu+].[Pb].[Zn+2]. The molecule has 0 saturated carbocycles. The Labute approximate surface area is 84.8 Å². The van der Waals surface area contributed by atoms with Gasteiger partial charge < -0.3 is 0 Å². The summed E-state index contributed by atoms with van der Waals surface area (Å²) in [5, 5.41) is 0. The van der Waals surface area contributed by atoms with Crippen LogP contribution in [-0.4, -0.2) is 27.3 Å². The van der Waals surface area contributed by atoms with E-state index in [1.807, 2.05) is 0 Å². The molecule has 4 heavy (non-hydrogen) atoms. The molecule has 0 nitrogen and oxygen atoms in total. The summed E-state index contributed by atoms with van der Waals surface area (Å²) in [6, 6.07) is 0. The van der Waals surface area contributed by atoms with Gasteiger partial charge in [-0.15, -0.1) is 0 Å². The Balaban J connectivity index is 0. The van der Waals surface area contributed by atoms with E-state index in [4.69, 9.17) is 0 Å². The Kier molecular flexibility index (Phi) is 124. The molecule has 0 heterocycles. The maximum Gasteiger partial charge on any atom is 2.00 e. The van der Waals surface area contributed by atoms with Gasteiger partial charge in [-0.25, -0.2) is 0 Å². The molecule has 0 atom stereocenters. The van der Waals surface area contributed by atoms with Crippen LogP contribution in [0.3, 0.4) is 0 Å². The van der Waals surface area contributed by atoms with Gasteiger partial charge in [-0.2, -0.15) is 0 Å². The first-order valence-electron chi connectivity index (χ1n) is 0. The zero-order valence-electron chi connectivity index (χ0n) is 1.81. The molecule has 0 N–H and O–H groups in total. The third-order valence-electron chi connectivity index (χ3n) is 0. The smallest absolute Gasteiger partial charge is 0 e. The first kappa shape index (κ1) is 29.1. The Morgan fingerprint density at radius 2 is 1.00 bits per heavy atom. The summed E-state index contributed by atoms with van der Waals surface area (Å²) >= 11 is 0. The van der Waals surface area contributed by atoms with E-state index in [2.05, 4.69) is 0 Å². The molecule has 4 heteroatoms. The summed E-state index contributed by atoms with van der Waals surface area (Å²) in [7, 11) is 0. The molecule has 0 unspecified atom stereocenters. The topological polar surface area (TPSA) is 0 Å². The number of rotatable bonds is 0. The second-order valence-electron chi connectivity index (χ2n) is 0. The molecule has 0 spiro atoms. The summed E-state index contributed by atoms with van der Waals surface area (Å²) < 4.78 is 0. The Morgan fingerprint density at radius 1 is 1.00 bits per heavy atom. The van der Waals surface area contributed by atoms with Crippen molar-refractivity contribution < 1.29 is 58.9 Å². The van der Waals surface area contributed by atoms with Crippen molar-refractivity contribution in [3.05, 3.63) is 0 Å². The molecule has 0 aliphatic carbocycles. The third kappa shape index (κ3) is 8.84. The van der Waals surface area contributed by atoms with Crippen LogP contribution in [0.15, 0.2) is 0 Å². The molecule has 0 aromatic rings.